The Morgan fingerprint density at radius 2 is 2.00 bits per heavy atom. The predicted octanol–water partition coefficient (Wildman–Crippen LogP) is 1.70. The Morgan fingerprint density at radius 1 is 1.33 bits per heavy atom. The molecule has 2 aliphatic heterocycles. The minimum atomic E-state index is -0.215. The smallest absolute Gasteiger partial charge is 0.246 e. The molecule has 4 nitrogen and oxygen atoms in total. The van der Waals surface area contributed by atoms with Gasteiger partial charge >= 0.3 is 0 Å². The van der Waals surface area contributed by atoms with Gasteiger partial charge in [0.2, 0.25) is 5.91 Å². The average Bonchev–Trinajstić information content (AvgIpc) is 2.48. The minimum absolute atomic E-state index is 0.0260. The topological polar surface area (TPSA) is 41.6 Å². The fourth-order valence-electron chi connectivity index (χ4n) is 3.26. The summed E-state index contributed by atoms with van der Waals surface area (Å²) in [6.07, 6.45) is 1.82. The summed E-state index contributed by atoms with van der Waals surface area (Å²) in [5.41, 5.74) is 0.908. The van der Waals surface area contributed by atoms with E-state index in [0.29, 0.717) is 0 Å². The highest BCUT2D eigenvalue weighted by Gasteiger charge is 2.44. The third-order valence-corrected chi connectivity index (χ3v) is 4.68. The molecule has 1 spiro atoms. The first kappa shape index (κ1) is 14.5. The molecule has 1 aromatic carbocycles. The zero-order valence-corrected chi connectivity index (χ0v) is 12.3. The van der Waals surface area contributed by atoms with Crippen LogP contribution in [0.3, 0.4) is 0 Å². The Balaban J connectivity index is 1.57. The molecule has 5 heteroatoms. The lowest BCUT2D eigenvalue weighted by Crippen LogP contribution is -2.62. The average molecular weight is 292 g/mol. The number of likely N-dealkylation sites (tertiary alicyclic amines) is 1. The van der Waals surface area contributed by atoms with Crippen molar-refractivity contribution in [3.05, 3.63) is 35.6 Å². The molecule has 0 aliphatic carbocycles. The molecule has 1 N–H and O–H groups in total. The van der Waals surface area contributed by atoms with E-state index in [4.69, 9.17) is 4.74 Å². The minimum Gasteiger partial charge on any atom is -0.363 e. The van der Waals surface area contributed by atoms with E-state index in [0.717, 1.165) is 38.0 Å². The van der Waals surface area contributed by atoms with Crippen molar-refractivity contribution in [1.29, 1.82) is 0 Å². The molecule has 1 amide bonds. The maximum absolute atomic E-state index is 12.9. The van der Waals surface area contributed by atoms with Crippen molar-refractivity contribution >= 4 is 5.91 Å². The van der Waals surface area contributed by atoms with Crippen molar-refractivity contribution in [2.45, 2.75) is 38.0 Å². The number of amides is 1. The molecule has 2 aliphatic rings. The van der Waals surface area contributed by atoms with Gasteiger partial charge in [-0.2, -0.15) is 0 Å². The number of carbonyl (C=O) groups is 1. The number of hydrogen-bond donors (Lipinski definition) is 1. The number of carbonyl (C=O) groups excluding carboxylic acids is 1. The van der Waals surface area contributed by atoms with Gasteiger partial charge in [-0.1, -0.05) is 12.1 Å². The standard InChI is InChI=1S/C16H21FN2O2/c1-12-16(21-11-15(20)18-12)6-8-19(9-7-16)10-13-2-4-14(17)5-3-13/h2-5,12H,6-11H2,1H3,(H,18,20)/t12-/m0/s1. The highest BCUT2D eigenvalue weighted by atomic mass is 19.1. The van der Waals surface area contributed by atoms with Crippen LogP contribution in [0.5, 0.6) is 0 Å². The van der Waals surface area contributed by atoms with Crippen LogP contribution in [0.4, 0.5) is 4.39 Å². The van der Waals surface area contributed by atoms with Gasteiger partial charge in [-0.15, -0.1) is 0 Å². The van der Waals surface area contributed by atoms with Crippen LogP contribution in [0.25, 0.3) is 0 Å². The van der Waals surface area contributed by atoms with Gasteiger partial charge in [0.05, 0.1) is 11.6 Å². The molecule has 3 rings (SSSR count). The van der Waals surface area contributed by atoms with Crippen LogP contribution in [-0.4, -0.2) is 42.1 Å². The van der Waals surface area contributed by atoms with Crippen LogP contribution in [0.2, 0.25) is 0 Å². The molecule has 0 saturated carbocycles. The molecule has 2 heterocycles. The quantitative estimate of drug-likeness (QED) is 0.902. The van der Waals surface area contributed by atoms with Gasteiger partial charge in [0, 0.05) is 19.6 Å². The van der Waals surface area contributed by atoms with E-state index in [1.807, 2.05) is 19.1 Å². The summed E-state index contributed by atoms with van der Waals surface area (Å²) in [6.45, 7) is 4.88. The van der Waals surface area contributed by atoms with Crippen molar-refractivity contribution in [1.82, 2.24) is 10.2 Å². The lowest BCUT2D eigenvalue weighted by molar-refractivity contribution is -0.159. The van der Waals surface area contributed by atoms with Crippen molar-refractivity contribution < 1.29 is 13.9 Å². The largest absolute Gasteiger partial charge is 0.363 e. The molecular formula is C16H21FN2O2. The van der Waals surface area contributed by atoms with Gasteiger partial charge in [-0.3, -0.25) is 9.69 Å². The molecule has 0 bridgehead atoms. The van der Waals surface area contributed by atoms with Crippen molar-refractivity contribution in [3.63, 3.8) is 0 Å². The summed E-state index contributed by atoms with van der Waals surface area (Å²) in [6, 6.07) is 6.73. The number of nitrogens with one attached hydrogen (secondary N) is 1. The Kier molecular flexibility index (Phi) is 3.95. The third kappa shape index (κ3) is 3.09. The first-order valence-electron chi connectivity index (χ1n) is 7.47. The fourth-order valence-corrected chi connectivity index (χ4v) is 3.26. The highest BCUT2D eigenvalue weighted by molar-refractivity contribution is 5.78. The van der Waals surface area contributed by atoms with Crippen molar-refractivity contribution in [2.75, 3.05) is 19.7 Å². The highest BCUT2D eigenvalue weighted by Crippen LogP contribution is 2.32. The van der Waals surface area contributed by atoms with Gasteiger partial charge in [0.1, 0.15) is 12.4 Å². The molecule has 1 atom stereocenters. The number of nitrogens with zero attached hydrogens (tertiary/aromatic N) is 1. The first-order chi connectivity index (χ1) is 10.1. The number of piperidine rings is 1. The van der Waals surface area contributed by atoms with E-state index in [2.05, 4.69) is 10.2 Å². The summed E-state index contributed by atoms with van der Waals surface area (Å²) in [7, 11) is 0. The normalized spacial score (nSPS) is 25.8. The Hall–Kier alpha value is -1.46. The van der Waals surface area contributed by atoms with E-state index in [-0.39, 0.29) is 30.0 Å². The lowest BCUT2D eigenvalue weighted by Gasteiger charge is -2.47. The summed E-state index contributed by atoms with van der Waals surface area (Å²) in [4.78, 5) is 13.7. The van der Waals surface area contributed by atoms with Gasteiger partial charge in [0.25, 0.3) is 0 Å². The molecule has 0 unspecified atom stereocenters. The number of halogens is 1. The van der Waals surface area contributed by atoms with Crippen LogP contribution in [0, 0.1) is 5.82 Å². The third-order valence-electron chi connectivity index (χ3n) is 4.68. The monoisotopic (exact) mass is 292 g/mol. The predicted molar refractivity (Wildman–Crippen MR) is 77.2 cm³/mol. The second kappa shape index (κ2) is 5.73. The number of ether oxygens (including phenoxy) is 1. The number of hydrogen-bond acceptors (Lipinski definition) is 3. The van der Waals surface area contributed by atoms with Crippen molar-refractivity contribution in [3.8, 4) is 0 Å². The van der Waals surface area contributed by atoms with Crippen LogP contribution < -0.4 is 5.32 Å². The molecule has 0 aromatic heterocycles. The summed E-state index contributed by atoms with van der Waals surface area (Å²) in [5.74, 6) is -0.224. The van der Waals surface area contributed by atoms with Gasteiger partial charge in [-0.05, 0) is 37.5 Å². The Labute approximate surface area is 124 Å². The zero-order chi connectivity index (χ0) is 14.9. The molecule has 0 radical (unpaired) electrons. The van der Waals surface area contributed by atoms with Gasteiger partial charge in [0.15, 0.2) is 0 Å². The number of rotatable bonds is 2. The maximum atomic E-state index is 12.9. The number of morpholine rings is 1. The molecule has 21 heavy (non-hydrogen) atoms. The number of benzene rings is 1. The van der Waals surface area contributed by atoms with E-state index in [9.17, 15) is 9.18 Å². The summed E-state index contributed by atoms with van der Waals surface area (Å²) in [5, 5.41) is 2.99. The molecule has 2 fully saturated rings. The molecular weight excluding hydrogens is 271 g/mol. The SMILES string of the molecule is C[C@@H]1NC(=O)COC12CCN(Cc1ccc(F)cc1)CC2. The van der Waals surface area contributed by atoms with E-state index >= 15 is 0 Å². The van der Waals surface area contributed by atoms with Crippen LogP contribution >= 0.6 is 0 Å². The van der Waals surface area contributed by atoms with Gasteiger partial charge < -0.3 is 10.1 Å². The van der Waals surface area contributed by atoms with Crippen LogP contribution in [0.1, 0.15) is 25.3 Å². The molecule has 1 aromatic rings. The van der Waals surface area contributed by atoms with E-state index < -0.39 is 0 Å². The zero-order valence-electron chi connectivity index (χ0n) is 12.3. The molecule has 2 saturated heterocycles. The second-order valence-corrected chi connectivity index (χ2v) is 6.05. The molecule has 114 valence electrons. The Bertz CT molecular complexity index is 510. The summed E-state index contributed by atoms with van der Waals surface area (Å²) < 4.78 is 18.8. The van der Waals surface area contributed by atoms with Crippen LogP contribution in [0.15, 0.2) is 24.3 Å². The van der Waals surface area contributed by atoms with Crippen molar-refractivity contribution in [2.24, 2.45) is 0 Å². The lowest BCUT2D eigenvalue weighted by atomic mass is 9.83. The second-order valence-electron chi connectivity index (χ2n) is 6.05. The van der Waals surface area contributed by atoms with E-state index in [1.54, 1.807) is 0 Å². The Morgan fingerprint density at radius 3 is 2.62 bits per heavy atom. The first-order valence-corrected chi connectivity index (χ1v) is 7.47. The van der Waals surface area contributed by atoms with Crippen LogP contribution in [-0.2, 0) is 16.1 Å². The fraction of sp³-hybridized carbons (Fsp3) is 0.562. The summed E-state index contributed by atoms with van der Waals surface area (Å²) >= 11 is 0. The van der Waals surface area contributed by atoms with E-state index in [1.165, 1.54) is 12.1 Å². The maximum Gasteiger partial charge on any atom is 0.246 e. The van der Waals surface area contributed by atoms with Gasteiger partial charge in [-0.25, -0.2) is 4.39 Å².